The van der Waals surface area contributed by atoms with Crippen molar-refractivity contribution in [2.45, 2.75) is 33.7 Å². The number of carbonyl (C=O) groups excluding carboxylic acids is 1. The van der Waals surface area contributed by atoms with Gasteiger partial charge >= 0.3 is 5.97 Å². The monoisotopic (exact) mass is 249 g/mol. The van der Waals surface area contributed by atoms with Gasteiger partial charge in [0.15, 0.2) is 0 Å². The van der Waals surface area contributed by atoms with E-state index in [1.165, 1.54) is 0 Å². The SMILES string of the molecule is Cc1ccc(C(=O)N[C@@H](C(=O)O)C(C)C)cc1C. The normalized spacial score (nSPS) is 12.3. The molecule has 0 aliphatic carbocycles. The Morgan fingerprint density at radius 1 is 1.17 bits per heavy atom. The van der Waals surface area contributed by atoms with Crippen LogP contribution in [0.2, 0.25) is 0 Å². The number of hydrogen-bond acceptors (Lipinski definition) is 2. The number of amides is 1. The lowest BCUT2D eigenvalue weighted by atomic mass is 10.0. The van der Waals surface area contributed by atoms with Gasteiger partial charge in [-0.05, 0) is 43.0 Å². The van der Waals surface area contributed by atoms with Gasteiger partial charge in [-0.2, -0.15) is 0 Å². The topological polar surface area (TPSA) is 66.4 Å². The van der Waals surface area contributed by atoms with Crippen molar-refractivity contribution in [2.24, 2.45) is 5.92 Å². The number of carbonyl (C=O) groups is 2. The Hall–Kier alpha value is -1.84. The Bertz CT molecular complexity index is 466. The molecule has 0 radical (unpaired) electrons. The van der Waals surface area contributed by atoms with Crippen molar-refractivity contribution in [2.75, 3.05) is 0 Å². The molecule has 0 aliphatic rings. The second kappa shape index (κ2) is 5.67. The molecule has 0 saturated carbocycles. The van der Waals surface area contributed by atoms with Gasteiger partial charge in [-0.15, -0.1) is 0 Å². The Morgan fingerprint density at radius 3 is 2.22 bits per heavy atom. The molecule has 98 valence electrons. The molecule has 2 N–H and O–H groups in total. The summed E-state index contributed by atoms with van der Waals surface area (Å²) in [4.78, 5) is 23.0. The maximum absolute atomic E-state index is 12.0. The minimum Gasteiger partial charge on any atom is -0.480 e. The van der Waals surface area contributed by atoms with Crippen LogP contribution in [0.4, 0.5) is 0 Å². The number of aliphatic carboxylic acids is 1. The Kier molecular flexibility index (Phi) is 4.48. The Morgan fingerprint density at radius 2 is 1.78 bits per heavy atom. The van der Waals surface area contributed by atoms with E-state index < -0.39 is 12.0 Å². The fourth-order valence-corrected chi connectivity index (χ4v) is 1.62. The molecular weight excluding hydrogens is 230 g/mol. The average Bonchev–Trinajstić information content (AvgIpc) is 2.28. The van der Waals surface area contributed by atoms with E-state index in [1.54, 1.807) is 26.0 Å². The third-order valence-corrected chi connectivity index (χ3v) is 2.99. The maximum Gasteiger partial charge on any atom is 0.326 e. The van der Waals surface area contributed by atoms with Crippen LogP contribution in [0.15, 0.2) is 18.2 Å². The van der Waals surface area contributed by atoms with Crippen LogP contribution in [0.3, 0.4) is 0 Å². The molecule has 18 heavy (non-hydrogen) atoms. The smallest absolute Gasteiger partial charge is 0.326 e. The number of nitrogens with one attached hydrogen (secondary N) is 1. The van der Waals surface area contributed by atoms with Crippen molar-refractivity contribution >= 4 is 11.9 Å². The van der Waals surface area contributed by atoms with Crippen LogP contribution >= 0.6 is 0 Å². The number of aryl methyl sites for hydroxylation is 2. The zero-order chi connectivity index (χ0) is 13.9. The maximum atomic E-state index is 12.0. The molecule has 4 heteroatoms. The molecule has 0 spiro atoms. The largest absolute Gasteiger partial charge is 0.480 e. The number of carboxylic acid groups (broad SMARTS) is 1. The first-order valence-corrected chi connectivity index (χ1v) is 5.94. The van der Waals surface area contributed by atoms with Gasteiger partial charge in [0, 0.05) is 5.56 Å². The van der Waals surface area contributed by atoms with E-state index in [1.807, 2.05) is 19.9 Å². The summed E-state index contributed by atoms with van der Waals surface area (Å²) in [6.07, 6.45) is 0. The van der Waals surface area contributed by atoms with Gasteiger partial charge in [0.2, 0.25) is 0 Å². The first-order chi connectivity index (χ1) is 8.32. The first-order valence-electron chi connectivity index (χ1n) is 5.94. The van der Waals surface area contributed by atoms with Crippen LogP contribution in [-0.2, 0) is 4.79 Å². The summed E-state index contributed by atoms with van der Waals surface area (Å²) in [5.74, 6) is -1.51. The number of rotatable bonds is 4. The van der Waals surface area contributed by atoms with E-state index in [0.29, 0.717) is 5.56 Å². The molecule has 1 aromatic carbocycles. The predicted molar refractivity (Wildman–Crippen MR) is 69.6 cm³/mol. The molecule has 0 heterocycles. The van der Waals surface area contributed by atoms with Crippen LogP contribution in [0.1, 0.15) is 35.3 Å². The van der Waals surface area contributed by atoms with E-state index in [2.05, 4.69) is 5.32 Å². The summed E-state index contributed by atoms with van der Waals surface area (Å²) < 4.78 is 0. The number of benzene rings is 1. The van der Waals surface area contributed by atoms with E-state index in [9.17, 15) is 9.59 Å². The summed E-state index contributed by atoms with van der Waals surface area (Å²) in [5.41, 5.74) is 2.61. The van der Waals surface area contributed by atoms with E-state index in [0.717, 1.165) is 11.1 Å². The van der Waals surface area contributed by atoms with Gasteiger partial charge in [0.25, 0.3) is 5.91 Å². The molecule has 1 aromatic rings. The van der Waals surface area contributed by atoms with Crippen molar-refractivity contribution in [3.63, 3.8) is 0 Å². The molecule has 1 amide bonds. The molecule has 0 bridgehead atoms. The van der Waals surface area contributed by atoms with E-state index in [4.69, 9.17) is 5.11 Å². The van der Waals surface area contributed by atoms with Crippen LogP contribution in [0, 0.1) is 19.8 Å². The van der Waals surface area contributed by atoms with E-state index in [-0.39, 0.29) is 11.8 Å². The second-order valence-electron chi connectivity index (χ2n) is 4.83. The summed E-state index contributed by atoms with van der Waals surface area (Å²) in [5, 5.41) is 11.6. The van der Waals surface area contributed by atoms with Gasteiger partial charge in [-0.1, -0.05) is 19.9 Å². The zero-order valence-electron chi connectivity index (χ0n) is 11.2. The summed E-state index contributed by atoms with van der Waals surface area (Å²) >= 11 is 0. The molecule has 0 aromatic heterocycles. The second-order valence-corrected chi connectivity index (χ2v) is 4.83. The van der Waals surface area contributed by atoms with Gasteiger partial charge in [-0.3, -0.25) is 4.79 Å². The molecule has 4 nitrogen and oxygen atoms in total. The summed E-state index contributed by atoms with van der Waals surface area (Å²) in [6.45, 7) is 7.41. The molecule has 0 saturated heterocycles. The van der Waals surface area contributed by atoms with Crippen molar-refractivity contribution in [1.82, 2.24) is 5.32 Å². The fraction of sp³-hybridized carbons (Fsp3) is 0.429. The molecule has 0 aliphatic heterocycles. The van der Waals surface area contributed by atoms with Gasteiger partial charge in [0.1, 0.15) is 6.04 Å². The average molecular weight is 249 g/mol. The van der Waals surface area contributed by atoms with Crippen LogP contribution in [-0.4, -0.2) is 23.0 Å². The predicted octanol–water partition coefficient (Wildman–Crippen LogP) is 2.14. The molecular formula is C14H19NO3. The molecule has 0 fully saturated rings. The lowest BCUT2D eigenvalue weighted by Gasteiger charge is -2.18. The number of hydrogen-bond donors (Lipinski definition) is 2. The zero-order valence-corrected chi connectivity index (χ0v) is 11.2. The summed E-state index contributed by atoms with van der Waals surface area (Å²) in [6, 6.07) is 4.47. The van der Waals surface area contributed by atoms with Crippen molar-refractivity contribution in [1.29, 1.82) is 0 Å². The highest BCUT2D eigenvalue weighted by Crippen LogP contribution is 2.11. The van der Waals surface area contributed by atoms with Gasteiger partial charge < -0.3 is 10.4 Å². The Balaban J connectivity index is 2.87. The third-order valence-electron chi connectivity index (χ3n) is 2.99. The Labute approximate surface area is 107 Å². The van der Waals surface area contributed by atoms with Crippen molar-refractivity contribution < 1.29 is 14.7 Å². The minimum absolute atomic E-state index is 0.155. The standard InChI is InChI=1S/C14H19NO3/c1-8(2)12(14(17)18)15-13(16)11-6-5-9(3)10(4)7-11/h5-8,12H,1-4H3,(H,15,16)(H,17,18)/t12-/m1/s1. The van der Waals surface area contributed by atoms with Crippen LogP contribution in [0.5, 0.6) is 0 Å². The molecule has 1 rings (SSSR count). The highest BCUT2D eigenvalue weighted by atomic mass is 16.4. The van der Waals surface area contributed by atoms with Crippen LogP contribution in [0.25, 0.3) is 0 Å². The minimum atomic E-state index is -1.01. The highest BCUT2D eigenvalue weighted by molar-refractivity contribution is 5.96. The lowest BCUT2D eigenvalue weighted by Crippen LogP contribution is -2.44. The molecule has 0 unspecified atom stereocenters. The van der Waals surface area contributed by atoms with Gasteiger partial charge in [0.05, 0.1) is 0 Å². The summed E-state index contributed by atoms with van der Waals surface area (Å²) in [7, 11) is 0. The third kappa shape index (κ3) is 3.32. The van der Waals surface area contributed by atoms with Crippen molar-refractivity contribution in [3.8, 4) is 0 Å². The van der Waals surface area contributed by atoms with Crippen LogP contribution < -0.4 is 5.32 Å². The highest BCUT2D eigenvalue weighted by Gasteiger charge is 2.23. The molecule has 1 atom stereocenters. The van der Waals surface area contributed by atoms with Crippen molar-refractivity contribution in [3.05, 3.63) is 34.9 Å². The fourth-order valence-electron chi connectivity index (χ4n) is 1.62. The van der Waals surface area contributed by atoms with Gasteiger partial charge in [-0.25, -0.2) is 4.79 Å². The first kappa shape index (κ1) is 14.2. The lowest BCUT2D eigenvalue weighted by molar-refractivity contribution is -0.140. The number of carboxylic acids is 1. The quantitative estimate of drug-likeness (QED) is 0.859. The van der Waals surface area contributed by atoms with E-state index >= 15 is 0 Å².